The Labute approximate surface area is 128 Å². The molecule has 6 heteroatoms. The predicted molar refractivity (Wildman–Crippen MR) is 83.0 cm³/mol. The number of ether oxygens (including phenoxy) is 1. The highest BCUT2D eigenvalue weighted by Crippen LogP contribution is 2.18. The Balaban J connectivity index is 2.69. The van der Waals surface area contributed by atoms with E-state index in [1.54, 1.807) is 11.8 Å². The van der Waals surface area contributed by atoms with Crippen molar-refractivity contribution >= 4 is 29.3 Å². The van der Waals surface area contributed by atoms with Crippen LogP contribution in [0.25, 0.3) is 0 Å². The number of nitriles is 1. The summed E-state index contributed by atoms with van der Waals surface area (Å²) in [6.45, 7) is 2.04. The van der Waals surface area contributed by atoms with Crippen molar-refractivity contribution < 1.29 is 14.3 Å². The fraction of sp³-hybridized carbons (Fsp3) is 0.400. The molecule has 0 spiro atoms. The zero-order chi connectivity index (χ0) is 15.7. The second-order valence-corrected chi connectivity index (χ2v) is 5.59. The summed E-state index contributed by atoms with van der Waals surface area (Å²) in [4.78, 5) is 25.2. The lowest BCUT2D eigenvalue weighted by atomic mass is 10.2. The largest absolute Gasteiger partial charge is 0.468 e. The maximum Gasteiger partial charge on any atom is 0.318 e. The first-order valence-corrected chi connectivity index (χ1v) is 7.56. The molecule has 0 aliphatic heterocycles. The van der Waals surface area contributed by atoms with E-state index >= 15 is 0 Å². The van der Waals surface area contributed by atoms with Crippen molar-refractivity contribution in [2.45, 2.75) is 18.6 Å². The third kappa shape index (κ3) is 5.48. The number of carbonyl (C=O) groups is 2. The summed E-state index contributed by atoms with van der Waals surface area (Å²) >= 11 is 1.22. The van der Waals surface area contributed by atoms with E-state index in [1.165, 1.54) is 18.9 Å². The first kappa shape index (κ1) is 17.1. The van der Waals surface area contributed by atoms with Crippen LogP contribution < -0.4 is 4.90 Å². The minimum atomic E-state index is -0.396. The van der Waals surface area contributed by atoms with Crippen LogP contribution in [-0.2, 0) is 14.3 Å². The Morgan fingerprint density at radius 3 is 2.62 bits per heavy atom. The van der Waals surface area contributed by atoms with Crippen LogP contribution in [0.5, 0.6) is 0 Å². The molecule has 1 unspecified atom stereocenters. The van der Waals surface area contributed by atoms with Gasteiger partial charge >= 0.3 is 5.97 Å². The molecule has 1 aromatic carbocycles. The first-order chi connectivity index (χ1) is 10.1. The second kappa shape index (κ2) is 9.03. The maximum absolute atomic E-state index is 12.3. The molecule has 21 heavy (non-hydrogen) atoms. The third-order valence-electron chi connectivity index (χ3n) is 2.81. The highest BCUT2D eigenvalue weighted by atomic mass is 32.2. The molecule has 1 amide bonds. The maximum atomic E-state index is 12.3. The van der Waals surface area contributed by atoms with E-state index in [0.29, 0.717) is 6.54 Å². The second-order valence-electron chi connectivity index (χ2n) is 4.27. The van der Waals surface area contributed by atoms with Gasteiger partial charge in [-0.2, -0.15) is 5.26 Å². The molecule has 0 saturated heterocycles. The molecule has 0 N–H and O–H groups in total. The highest BCUT2D eigenvalue weighted by Gasteiger charge is 2.19. The van der Waals surface area contributed by atoms with Gasteiger partial charge in [0.1, 0.15) is 5.25 Å². The van der Waals surface area contributed by atoms with E-state index in [2.05, 4.69) is 4.74 Å². The van der Waals surface area contributed by atoms with Crippen molar-refractivity contribution in [3.8, 4) is 6.07 Å². The number of carbonyl (C=O) groups excluding carboxylic acids is 2. The van der Waals surface area contributed by atoms with Crippen molar-refractivity contribution in [1.82, 2.24) is 0 Å². The Kier molecular flexibility index (Phi) is 7.33. The fourth-order valence-corrected chi connectivity index (χ4v) is 2.46. The van der Waals surface area contributed by atoms with Crippen LogP contribution in [-0.4, -0.2) is 36.5 Å². The molecule has 0 radical (unpaired) electrons. The molecule has 0 aromatic heterocycles. The van der Waals surface area contributed by atoms with E-state index in [0.717, 1.165) is 5.69 Å². The molecule has 5 nitrogen and oxygen atoms in total. The Morgan fingerprint density at radius 2 is 2.05 bits per heavy atom. The molecular formula is C15H18N2O3S. The van der Waals surface area contributed by atoms with Crippen molar-refractivity contribution in [3.63, 3.8) is 0 Å². The minimum Gasteiger partial charge on any atom is -0.468 e. The molecule has 0 aliphatic rings. The average molecular weight is 306 g/mol. The normalized spacial score (nSPS) is 11.3. The smallest absolute Gasteiger partial charge is 0.318 e. The lowest BCUT2D eigenvalue weighted by molar-refractivity contribution is -0.139. The summed E-state index contributed by atoms with van der Waals surface area (Å²) in [5.74, 6) is -0.315. The van der Waals surface area contributed by atoms with Gasteiger partial charge in [-0.3, -0.25) is 9.59 Å². The minimum absolute atomic E-state index is 0.128. The molecule has 0 saturated carbocycles. The van der Waals surface area contributed by atoms with Crippen LogP contribution in [0.1, 0.15) is 13.3 Å². The lowest BCUT2D eigenvalue weighted by Gasteiger charge is -2.22. The Bertz CT molecular complexity index is 513. The van der Waals surface area contributed by atoms with E-state index in [9.17, 15) is 9.59 Å². The molecular weight excluding hydrogens is 288 g/mol. The average Bonchev–Trinajstić information content (AvgIpc) is 2.53. The van der Waals surface area contributed by atoms with Crippen LogP contribution in [0.4, 0.5) is 5.69 Å². The van der Waals surface area contributed by atoms with Crippen LogP contribution >= 0.6 is 11.8 Å². The van der Waals surface area contributed by atoms with Crippen LogP contribution in [0.3, 0.4) is 0 Å². The van der Waals surface area contributed by atoms with Crippen molar-refractivity contribution in [2.24, 2.45) is 0 Å². The summed E-state index contributed by atoms with van der Waals surface area (Å²) < 4.78 is 4.63. The zero-order valence-electron chi connectivity index (χ0n) is 12.1. The molecule has 0 heterocycles. The van der Waals surface area contributed by atoms with E-state index in [4.69, 9.17) is 5.26 Å². The molecule has 1 atom stereocenters. The van der Waals surface area contributed by atoms with Gasteiger partial charge in [-0.05, 0) is 19.1 Å². The number of hydrogen-bond acceptors (Lipinski definition) is 5. The summed E-state index contributed by atoms with van der Waals surface area (Å²) in [7, 11) is 1.32. The summed E-state index contributed by atoms with van der Waals surface area (Å²) in [5.41, 5.74) is 0.754. The number of thioether (sulfide) groups is 1. The Morgan fingerprint density at radius 1 is 1.38 bits per heavy atom. The number of para-hydroxylation sites is 1. The predicted octanol–water partition coefficient (Wildman–Crippen LogP) is 2.23. The number of anilines is 1. The number of hydrogen-bond donors (Lipinski definition) is 0. The van der Waals surface area contributed by atoms with Gasteiger partial charge in [-0.1, -0.05) is 18.2 Å². The molecule has 112 valence electrons. The summed E-state index contributed by atoms with van der Waals surface area (Å²) in [6.07, 6.45) is 0.262. The fourth-order valence-electron chi connectivity index (χ4n) is 1.68. The lowest BCUT2D eigenvalue weighted by Crippen LogP contribution is -2.34. The number of methoxy groups -OCH3 is 1. The van der Waals surface area contributed by atoms with E-state index in [1.807, 2.05) is 36.4 Å². The number of nitrogens with zero attached hydrogens (tertiary/aromatic N) is 2. The van der Waals surface area contributed by atoms with Gasteiger partial charge in [0.15, 0.2) is 0 Å². The Hall–Kier alpha value is -2.00. The van der Waals surface area contributed by atoms with Crippen molar-refractivity contribution in [1.29, 1.82) is 5.26 Å². The first-order valence-electron chi connectivity index (χ1n) is 6.52. The van der Waals surface area contributed by atoms with Gasteiger partial charge in [0, 0.05) is 12.2 Å². The number of esters is 1. The van der Waals surface area contributed by atoms with E-state index < -0.39 is 5.25 Å². The molecule has 1 rings (SSSR count). The van der Waals surface area contributed by atoms with Crippen molar-refractivity contribution in [3.05, 3.63) is 30.3 Å². The highest BCUT2D eigenvalue weighted by molar-refractivity contribution is 8.01. The molecule has 0 aliphatic carbocycles. The van der Waals surface area contributed by atoms with Gasteiger partial charge in [-0.15, -0.1) is 11.8 Å². The quantitative estimate of drug-likeness (QED) is 0.722. The number of benzene rings is 1. The van der Waals surface area contributed by atoms with Gasteiger partial charge < -0.3 is 9.64 Å². The van der Waals surface area contributed by atoms with E-state index in [-0.39, 0.29) is 24.1 Å². The van der Waals surface area contributed by atoms with Crippen LogP contribution in [0.2, 0.25) is 0 Å². The number of amides is 1. The van der Waals surface area contributed by atoms with Crippen molar-refractivity contribution in [2.75, 3.05) is 24.3 Å². The zero-order valence-corrected chi connectivity index (χ0v) is 12.9. The van der Waals surface area contributed by atoms with Gasteiger partial charge in [0.2, 0.25) is 5.91 Å². The van der Waals surface area contributed by atoms with Crippen LogP contribution in [0, 0.1) is 11.3 Å². The molecule has 0 fully saturated rings. The SMILES string of the molecule is COC(=O)C(C)SCC(=O)N(CCC#N)c1ccccc1. The monoisotopic (exact) mass is 306 g/mol. The van der Waals surface area contributed by atoms with Crippen LogP contribution in [0.15, 0.2) is 30.3 Å². The third-order valence-corrected chi connectivity index (χ3v) is 3.91. The summed E-state index contributed by atoms with van der Waals surface area (Å²) in [5, 5.41) is 8.32. The van der Waals surface area contributed by atoms with Gasteiger partial charge in [0.25, 0.3) is 0 Å². The van der Waals surface area contributed by atoms with Gasteiger partial charge in [-0.25, -0.2) is 0 Å². The van der Waals surface area contributed by atoms with Gasteiger partial charge in [0.05, 0.1) is 25.4 Å². The number of rotatable bonds is 7. The molecule has 1 aromatic rings. The summed E-state index contributed by atoms with van der Waals surface area (Å²) in [6, 6.07) is 11.2. The standard InChI is InChI=1S/C15H18N2O3S/c1-12(15(19)20-2)21-11-14(18)17(10-6-9-16)13-7-4-3-5-8-13/h3-5,7-8,12H,6,10-11H2,1-2H3. The topological polar surface area (TPSA) is 70.4 Å². The molecule has 0 bridgehead atoms.